The Morgan fingerprint density at radius 2 is 1.75 bits per heavy atom. The van der Waals surface area contributed by atoms with Crippen LogP contribution in [0.1, 0.15) is 63.2 Å². The topological polar surface area (TPSA) is 115 Å². The van der Waals surface area contributed by atoms with Gasteiger partial charge < -0.3 is 19.8 Å². The highest BCUT2D eigenvalue weighted by atomic mass is 32.2. The Balaban J connectivity index is 2.06. The fourth-order valence-corrected chi connectivity index (χ4v) is 3.94. The van der Waals surface area contributed by atoms with E-state index in [-0.39, 0.29) is 35.6 Å². The van der Waals surface area contributed by atoms with Crippen molar-refractivity contribution in [2.45, 2.75) is 45.6 Å². The molecule has 1 heterocycles. The number of benzene rings is 1. The van der Waals surface area contributed by atoms with Crippen LogP contribution in [0.5, 0.6) is 0 Å². The summed E-state index contributed by atoms with van der Waals surface area (Å²) < 4.78 is 10.3. The zero-order valence-corrected chi connectivity index (χ0v) is 19.7. The average molecular weight is 461 g/mol. The summed E-state index contributed by atoms with van der Waals surface area (Å²) in [5, 5.41) is 2.79. The second kappa shape index (κ2) is 11.5. The molecule has 0 atom stereocenters. The van der Waals surface area contributed by atoms with Gasteiger partial charge in [0.25, 0.3) is 0 Å². The Labute approximate surface area is 191 Å². The summed E-state index contributed by atoms with van der Waals surface area (Å²) in [7, 11) is 0. The molecule has 0 spiro atoms. The number of carbonyl (C=O) groups is 4. The van der Waals surface area contributed by atoms with Gasteiger partial charge in [-0.25, -0.2) is 9.59 Å². The van der Waals surface area contributed by atoms with Crippen molar-refractivity contribution in [2.24, 2.45) is 0 Å². The third-order valence-corrected chi connectivity index (χ3v) is 5.52. The van der Waals surface area contributed by atoms with Crippen LogP contribution in [0.15, 0.2) is 29.2 Å². The number of hydrogen-bond donors (Lipinski definition) is 2. The first kappa shape index (κ1) is 25.2. The van der Waals surface area contributed by atoms with Crippen LogP contribution in [0.3, 0.4) is 0 Å². The van der Waals surface area contributed by atoms with Crippen LogP contribution < -0.4 is 5.32 Å². The highest BCUT2D eigenvalue weighted by Gasteiger charge is 2.24. The van der Waals surface area contributed by atoms with Crippen LogP contribution >= 0.6 is 11.8 Å². The number of rotatable bonds is 10. The predicted octanol–water partition coefficient (Wildman–Crippen LogP) is 3.46. The second-order valence-electron chi connectivity index (χ2n) is 7.35. The minimum Gasteiger partial charge on any atom is -0.462 e. The Morgan fingerprint density at radius 1 is 1.06 bits per heavy atom. The molecule has 9 heteroatoms. The van der Waals surface area contributed by atoms with Gasteiger partial charge in [0.15, 0.2) is 6.61 Å². The number of aromatic nitrogens is 1. The first-order valence-electron chi connectivity index (χ1n) is 10.2. The summed E-state index contributed by atoms with van der Waals surface area (Å²) in [5.41, 5.74) is 1.75. The van der Waals surface area contributed by atoms with E-state index < -0.39 is 24.3 Å². The minimum atomic E-state index is -0.669. The van der Waals surface area contributed by atoms with Gasteiger partial charge in [-0.3, -0.25) is 9.59 Å². The molecule has 172 valence electrons. The molecule has 8 nitrogen and oxygen atoms in total. The van der Waals surface area contributed by atoms with Crippen molar-refractivity contribution in [3.8, 4) is 0 Å². The monoisotopic (exact) mass is 460 g/mol. The number of aromatic amines is 1. The van der Waals surface area contributed by atoms with E-state index in [0.29, 0.717) is 21.7 Å². The van der Waals surface area contributed by atoms with E-state index in [9.17, 15) is 19.2 Å². The van der Waals surface area contributed by atoms with Gasteiger partial charge in [-0.1, -0.05) is 12.1 Å². The minimum absolute atomic E-state index is 0.0266. The van der Waals surface area contributed by atoms with E-state index in [1.807, 2.05) is 13.8 Å². The van der Waals surface area contributed by atoms with E-state index in [1.165, 1.54) is 11.8 Å². The number of carbonyl (C=O) groups excluding carboxylic acids is 4. The van der Waals surface area contributed by atoms with Crippen molar-refractivity contribution in [3.05, 3.63) is 52.3 Å². The number of ether oxygens (including phenoxy) is 2. The number of Topliss-reactive ketones (excluding diaryl/α,β-unsaturated/α-hetero) is 1. The molecule has 0 saturated heterocycles. The molecule has 0 radical (unpaired) electrons. The number of H-pyrrole nitrogens is 1. The van der Waals surface area contributed by atoms with Gasteiger partial charge in [0.05, 0.1) is 29.2 Å². The highest BCUT2D eigenvalue weighted by Crippen LogP contribution is 2.24. The van der Waals surface area contributed by atoms with Crippen LogP contribution in [0, 0.1) is 13.8 Å². The summed E-state index contributed by atoms with van der Waals surface area (Å²) in [6.07, 6.45) is 0. The summed E-state index contributed by atoms with van der Waals surface area (Å²) in [6.45, 7) is 8.48. The second-order valence-corrected chi connectivity index (χ2v) is 8.37. The van der Waals surface area contributed by atoms with Crippen LogP contribution in [0.25, 0.3) is 0 Å². The molecular weight excluding hydrogens is 432 g/mol. The number of esters is 2. The van der Waals surface area contributed by atoms with Gasteiger partial charge in [0, 0.05) is 16.6 Å². The van der Waals surface area contributed by atoms with Crippen molar-refractivity contribution in [1.29, 1.82) is 0 Å². The zero-order valence-electron chi connectivity index (χ0n) is 18.9. The molecule has 1 aromatic carbocycles. The van der Waals surface area contributed by atoms with Crippen molar-refractivity contribution in [2.75, 3.05) is 19.0 Å². The Hall–Kier alpha value is -3.07. The molecule has 2 aromatic rings. The SMILES string of the molecule is CCOC(=O)c1c(C)[nH]c(C(=O)COC(=O)c2ccccc2SCC(=O)NC(C)C)c1C. The number of thioether (sulfide) groups is 1. The van der Waals surface area contributed by atoms with Gasteiger partial charge in [0.2, 0.25) is 11.7 Å². The fourth-order valence-electron chi connectivity index (χ4n) is 3.09. The molecule has 1 aromatic heterocycles. The smallest absolute Gasteiger partial charge is 0.340 e. The lowest BCUT2D eigenvalue weighted by Crippen LogP contribution is -2.31. The number of ketones is 1. The summed E-state index contributed by atoms with van der Waals surface area (Å²) in [6, 6.07) is 6.76. The lowest BCUT2D eigenvalue weighted by atomic mass is 10.1. The fraction of sp³-hybridized carbons (Fsp3) is 0.391. The van der Waals surface area contributed by atoms with Crippen molar-refractivity contribution in [3.63, 3.8) is 0 Å². The molecule has 1 amide bonds. The normalized spacial score (nSPS) is 10.7. The quantitative estimate of drug-likeness (QED) is 0.317. The largest absolute Gasteiger partial charge is 0.462 e. The molecule has 0 aliphatic carbocycles. The number of nitrogens with one attached hydrogen (secondary N) is 2. The summed E-state index contributed by atoms with van der Waals surface area (Å²) >= 11 is 1.22. The molecule has 32 heavy (non-hydrogen) atoms. The molecule has 0 unspecified atom stereocenters. The predicted molar refractivity (Wildman–Crippen MR) is 121 cm³/mol. The maximum atomic E-state index is 12.6. The number of amides is 1. The van der Waals surface area contributed by atoms with E-state index >= 15 is 0 Å². The summed E-state index contributed by atoms with van der Waals surface area (Å²) in [4.78, 5) is 52.7. The Bertz CT molecular complexity index is 1010. The molecule has 0 saturated carbocycles. The van der Waals surface area contributed by atoms with Gasteiger partial charge in [-0.15, -0.1) is 11.8 Å². The lowest BCUT2D eigenvalue weighted by Gasteiger charge is -2.10. The van der Waals surface area contributed by atoms with Gasteiger partial charge in [-0.2, -0.15) is 0 Å². The number of aryl methyl sites for hydroxylation is 1. The third-order valence-electron chi connectivity index (χ3n) is 4.45. The highest BCUT2D eigenvalue weighted by molar-refractivity contribution is 8.00. The Kier molecular flexibility index (Phi) is 9.07. The van der Waals surface area contributed by atoms with Crippen molar-refractivity contribution in [1.82, 2.24) is 10.3 Å². The molecule has 0 bridgehead atoms. The van der Waals surface area contributed by atoms with E-state index in [0.717, 1.165) is 0 Å². The van der Waals surface area contributed by atoms with Gasteiger partial charge in [-0.05, 0) is 52.3 Å². The first-order valence-corrected chi connectivity index (χ1v) is 11.2. The average Bonchev–Trinajstić information content (AvgIpc) is 3.04. The van der Waals surface area contributed by atoms with Crippen LogP contribution in [-0.2, 0) is 14.3 Å². The first-order chi connectivity index (χ1) is 15.1. The van der Waals surface area contributed by atoms with Crippen LogP contribution in [-0.4, -0.2) is 53.6 Å². The standard InChI is InChI=1S/C23H28N2O6S/c1-6-30-23(29)20-14(4)21(25-15(20)5)17(26)11-31-22(28)16-9-7-8-10-18(16)32-12-19(27)24-13(2)3/h7-10,13,25H,6,11-12H2,1-5H3,(H,24,27). The van der Waals surface area contributed by atoms with Gasteiger partial charge >= 0.3 is 11.9 Å². The van der Waals surface area contributed by atoms with Crippen molar-refractivity contribution >= 4 is 35.4 Å². The van der Waals surface area contributed by atoms with Crippen LogP contribution in [0.2, 0.25) is 0 Å². The third kappa shape index (κ3) is 6.46. The molecular formula is C23H28N2O6S. The Morgan fingerprint density at radius 3 is 2.41 bits per heavy atom. The van der Waals surface area contributed by atoms with E-state index in [1.54, 1.807) is 45.0 Å². The van der Waals surface area contributed by atoms with Crippen molar-refractivity contribution < 1.29 is 28.7 Å². The van der Waals surface area contributed by atoms with Crippen LogP contribution in [0.4, 0.5) is 0 Å². The van der Waals surface area contributed by atoms with E-state index in [2.05, 4.69) is 10.3 Å². The lowest BCUT2D eigenvalue weighted by molar-refractivity contribution is -0.119. The molecule has 2 N–H and O–H groups in total. The maximum Gasteiger partial charge on any atom is 0.340 e. The maximum absolute atomic E-state index is 12.6. The molecule has 2 rings (SSSR count). The summed E-state index contributed by atoms with van der Waals surface area (Å²) in [5.74, 6) is -1.63. The molecule has 0 aliphatic rings. The van der Waals surface area contributed by atoms with E-state index in [4.69, 9.17) is 9.47 Å². The molecule has 0 aliphatic heterocycles. The van der Waals surface area contributed by atoms with Gasteiger partial charge in [0.1, 0.15) is 0 Å². The molecule has 0 fully saturated rings. The number of hydrogen-bond acceptors (Lipinski definition) is 7. The zero-order chi connectivity index (χ0) is 23.8.